The molecule has 0 heterocycles. The molecule has 0 bridgehead atoms. The van der Waals surface area contributed by atoms with Crippen molar-refractivity contribution < 1.29 is 4.79 Å². The Morgan fingerprint density at radius 3 is 2.43 bits per heavy atom. The summed E-state index contributed by atoms with van der Waals surface area (Å²) < 4.78 is 0.955. The smallest absolute Gasteiger partial charge is 0.251 e. The van der Waals surface area contributed by atoms with Crippen LogP contribution in [-0.4, -0.2) is 5.91 Å². The topological polar surface area (TPSA) is 29.1 Å². The van der Waals surface area contributed by atoms with Crippen molar-refractivity contribution >= 4 is 21.8 Å². The largest absolute Gasteiger partial charge is 0.348 e. The van der Waals surface area contributed by atoms with Crippen LogP contribution in [0.4, 0.5) is 0 Å². The zero-order valence-corrected chi connectivity index (χ0v) is 14.2. The summed E-state index contributed by atoms with van der Waals surface area (Å²) in [5.74, 6) is 0.486. The predicted molar refractivity (Wildman–Crippen MR) is 90.6 cm³/mol. The summed E-state index contributed by atoms with van der Waals surface area (Å²) in [4.78, 5) is 12.2. The summed E-state index contributed by atoms with van der Waals surface area (Å²) in [6.07, 6.45) is 0. The molecule has 2 nitrogen and oxygen atoms in total. The quantitative estimate of drug-likeness (QED) is 0.846. The van der Waals surface area contributed by atoms with E-state index >= 15 is 0 Å². The van der Waals surface area contributed by atoms with E-state index in [0.717, 1.165) is 15.6 Å². The van der Waals surface area contributed by atoms with Crippen molar-refractivity contribution in [3.05, 3.63) is 69.2 Å². The second-order valence-corrected chi connectivity index (χ2v) is 6.35. The van der Waals surface area contributed by atoms with Crippen LogP contribution in [0.2, 0.25) is 0 Å². The molecule has 3 heteroatoms. The Labute approximate surface area is 134 Å². The minimum absolute atomic E-state index is 0.0401. The highest BCUT2D eigenvalue weighted by Gasteiger charge is 2.10. The Morgan fingerprint density at radius 1 is 1.14 bits per heavy atom. The van der Waals surface area contributed by atoms with Crippen molar-refractivity contribution in [2.45, 2.75) is 33.2 Å². The summed E-state index contributed by atoms with van der Waals surface area (Å²) in [6, 6.07) is 14.1. The second-order valence-electron chi connectivity index (χ2n) is 5.49. The molecule has 0 aromatic heterocycles. The first-order valence-corrected chi connectivity index (χ1v) is 7.90. The van der Waals surface area contributed by atoms with Crippen LogP contribution in [0, 0.1) is 6.92 Å². The van der Waals surface area contributed by atoms with Gasteiger partial charge in [0.05, 0.1) is 0 Å². The van der Waals surface area contributed by atoms with Crippen molar-refractivity contribution in [3.8, 4) is 0 Å². The molecule has 0 unspecified atom stereocenters. The van der Waals surface area contributed by atoms with Crippen molar-refractivity contribution in [3.63, 3.8) is 0 Å². The van der Waals surface area contributed by atoms with Gasteiger partial charge in [0.1, 0.15) is 0 Å². The Hall–Kier alpha value is -1.61. The molecule has 21 heavy (non-hydrogen) atoms. The van der Waals surface area contributed by atoms with Gasteiger partial charge in [0, 0.05) is 16.6 Å². The number of halogens is 1. The molecular formula is C18H20BrNO. The molecule has 0 aliphatic heterocycles. The van der Waals surface area contributed by atoms with Crippen molar-refractivity contribution in [2.24, 2.45) is 0 Å². The summed E-state index contributed by atoms with van der Waals surface area (Å²) in [5, 5.41) is 2.97. The van der Waals surface area contributed by atoms with Crippen LogP contribution in [0.3, 0.4) is 0 Å². The van der Waals surface area contributed by atoms with Gasteiger partial charge in [-0.1, -0.05) is 60.1 Å². The number of hydrogen-bond acceptors (Lipinski definition) is 1. The number of benzene rings is 2. The summed E-state index contributed by atoms with van der Waals surface area (Å²) in [5.41, 5.74) is 4.10. The molecule has 0 aliphatic carbocycles. The lowest BCUT2D eigenvalue weighted by atomic mass is 10.0. The SMILES string of the molecule is Cc1c(Br)cccc1C(=O)NCc1ccc(C(C)C)cc1. The minimum Gasteiger partial charge on any atom is -0.348 e. The van der Waals surface area contributed by atoms with Gasteiger partial charge in [-0.15, -0.1) is 0 Å². The standard InChI is InChI=1S/C18H20BrNO/c1-12(2)15-9-7-14(8-10-15)11-20-18(21)16-5-4-6-17(19)13(16)3/h4-10,12H,11H2,1-3H3,(H,20,21). The Bertz CT molecular complexity index is 632. The summed E-state index contributed by atoms with van der Waals surface area (Å²) >= 11 is 3.45. The molecule has 2 aromatic carbocycles. The molecule has 0 saturated heterocycles. The fraction of sp³-hybridized carbons (Fsp3) is 0.278. The number of carbonyl (C=O) groups is 1. The number of amides is 1. The first kappa shape index (κ1) is 15.8. The second kappa shape index (κ2) is 6.90. The maximum Gasteiger partial charge on any atom is 0.251 e. The van der Waals surface area contributed by atoms with E-state index in [1.54, 1.807) is 0 Å². The zero-order chi connectivity index (χ0) is 15.4. The highest BCUT2D eigenvalue weighted by Crippen LogP contribution is 2.19. The monoisotopic (exact) mass is 345 g/mol. The Morgan fingerprint density at radius 2 is 1.81 bits per heavy atom. The van der Waals surface area contributed by atoms with Crippen LogP contribution in [0.1, 0.15) is 46.8 Å². The van der Waals surface area contributed by atoms with Crippen LogP contribution in [0.15, 0.2) is 46.9 Å². The molecule has 2 aromatic rings. The first-order chi connectivity index (χ1) is 9.99. The maximum atomic E-state index is 12.2. The number of hydrogen-bond donors (Lipinski definition) is 1. The molecule has 1 amide bonds. The number of rotatable bonds is 4. The van der Waals surface area contributed by atoms with Crippen LogP contribution in [0.25, 0.3) is 0 Å². The molecular weight excluding hydrogens is 326 g/mol. The third kappa shape index (κ3) is 3.94. The molecule has 0 atom stereocenters. The lowest BCUT2D eigenvalue weighted by Gasteiger charge is -2.10. The van der Waals surface area contributed by atoms with Crippen LogP contribution in [0.5, 0.6) is 0 Å². The van der Waals surface area contributed by atoms with Crippen molar-refractivity contribution in [1.29, 1.82) is 0 Å². The molecule has 0 radical (unpaired) electrons. The van der Waals surface area contributed by atoms with Gasteiger partial charge in [0.25, 0.3) is 5.91 Å². The first-order valence-electron chi connectivity index (χ1n) is 7.11. The molecule has 0 aliphatic rings. The van der Waals surface area contributed by atoms with Gasteiger partial charge in [-0.25, -0.2) is 0 Å². The van der Waals surface area contributed by atoms with E-state index in [2.05, 4.69) is 59.4 Å². The predicted octanol–water partition coefficient (Wildman–Crippen LogP) is 4.81. The summed E-state index contributed by atoms with van der Waals surface area (Å²) in [6.45, 7) is 6.83. The van der Waals surface area contributed by atoms with Crippen LogP contribution < -0.4 is 5.32 Å². The van der Waals surface area contributed by atoms with E-state index in [0.29, 0.717) is 18.0 Å². The lowest BCUT2D eigenvalue weighted by Crippen LogP contribution is -2.23. The van der Waals surface area contributed by atoms with E-state index in [1.807, 2.05) is 25.1 Å². The average molecular weight is 346 g/mol. The molecule has 110 valence electrons. The van der Waals surface area contributed by atoms with Gasteiger partial charge in [-0.3, -0.25) is 4.79 Å². The molecule has 2 rings (SSSR count). The average Bonchev–Trinajstić information content (AvgIpc) is 2.48. The third-order valence-corrected chi connectivity index (χ3v) is 4.47. The van der Waals surface area contributed by atoms with Crippen molar-refractivity contribution in [2.75, 3.05) is 0 Å². The fourth-order valence-electron chi connectivity index (χ4n) is 2.15. The molecule has 1 N–H and O–H groups in total. The highest BCUT2D eigenvalue weighted by atomic mass is 79.9. The molecule has 0 spiro atoms. The van der Waals surface area contributed by atoms with Gasteiger partial charge >= 0.3 is 0 Å². The lowest BCUT2D eigenvalue weighted by molar-refractivity contribution is 0.0950. The van der Waals surface area contributed by atoms with Crippen LogP contribution >= 0.6 is 15.9 Å². The number of nitrogens with one attached hydrogen (secondary N) is 1. The Balaban J connectivity index is 2.02. The van der Waals surface area contributed by atoms with E-state index in [9.17, 15) is 4.79 Å². The van der Waals surface area contributed by atoms with Gasteiger partial charge in [0.15, 0.2) is 0 Å². The third-order valence-electron chi connectivity index (χ3n) is 3.61. The van der Waals surface area contributed by atoms with Gasteiger partial charge in [0.2, 0.25) is 0 Å². The van der Waals surface area contributed by atoms with E-state index in [4.69, 9.17) is 0 Å². The van der Waals surface area contributed by atoms with Crippen LogP contribution in [-0.2, 0) is 6.54 Å². The van der Waals surface area contributed by atoms with E-state index in [-0.39, 0.29) is 5.91 Å². The van der Waals surface area contributed by atoms with E-state index < -0.39 is 0 Å². The number of carbonyl (C=O) groups excluding carboxylic acids is 1. The molecule has 0 fully saturated rings. The maximum absolute atomic E-state index is 12.2. The summed E-state index contributed by atoms with van der Waals surface area (Å²) in [7, 11) is 0. The normalized spacial score (nSPS) is 10.7. The molecule has 0 saturated carbocycles. The zero-order valence-electron chi connectivity index (χ0n) is 12.6. The van der Waals surface area contributed by atoms with Gasteiger partial charge in [-0.2, -0.15) is 0 Å². The fourth-order valence-corrected chi connectivity index (χ4v) is 2.52. The highest BCUT2D eigenvalue weighted by molar-refractivity contribution is 9.10. The van der Waals surface area contributed by atoms with Crippen molar-refractivity contribution in [1.82, 2.24) is 5.32 Å². The Kier molecular flexibility index (Phi) is 5.18. The minimum atomic E-state index is -0.0401. The van der Waals surface area contributed by atoms with Gasteiger partial charge < -0.3 is 5.32 Å². The van der Waals surface area contributed by atoms with E-state index in [1.165, 1.54) is 5.56 Å². The van der Waals surface area contributed by atoms with Gasteiger partial charge in [-0.05, 0) is 41.7 Å².